The van der Waals surface area contributed by atoms with E-state index in [1.54, 1.807) is 28.8 Å². The van der Waals surface area contributed by atoms with Gasteiger partial charge in [-0.15, -0.1) is 0 Å². The molecule has 0 fully saturated rings. The standard InChI is InChI=1S/C22H25N5O2S/c1-14(2)11-19(28)23-17-7-9-18(10-8-17)24-20(29)13-27-21(25-26-22(27)30)16-6-4-5-15(3)12-16/h4-10,12,14H,11,13H2,1-3H3,(H,23,28)(H,24,29)(H,26,30). The molecule has 30 heavy (non-hydrogen) atoms. The van der Waals surface area contributed by atoms with E-state index in [0.29, 0.717) is 34.3 Å². The topological polar surface area (TPSA) is 91.8 Å². The molecule has 0 aliphatic rings. The van der Waals surface area contributed by atoms with Crippen LogP contribution in [0.15, 0.2) is 48.5 Å². The zero-order valence-electron chi connectivity index (χ0n) is 17.2. The van der Waals surface area contributed by atoms with Gasteiger partial charge in [-0.3, -0.25) is 19.3 Å². The average molecular weight is 424 g/mol. The van der Waals surface area contributed by atoms with Gasteiger partial charge in [0.1, 0.15) is 6.54 Å². The molecule has 0 radical (unpaired) electrons. The van der Waals surface area contributed by atoms with Crippen molar-refractivity contribution in [2.45, 2.75) is 33.7 Å². The monoisotopic (exact) mass is 423 g/mol. The van der Waals surface area contributed by atoms with Crippen LogP contribution in [-0.4, -0.2) is 26.6 Å². The molecule has 2 amide bonds. The minimum Gasteiger partial charge on any atom is -0.326 e. The number of aryl methyl sites for hydroxylation is 1. The van der Waals surface area contributed by atoms with Gasteiger partial charge in [0.25, 0.3) is 0 Å². The van der Waals surface area contributed by atoms with Crippen LogP contribution in [0.1, 0.15) is 25.8 Å². The first-order chi connectivity index (χ1) is 14.3. The number of hydrogen-bond donors (Lipinski definition) is 3. The summed E-state index contributed by atoms with van der Waals surface area (Å²) < 4.78 is 2.05. The number of hydrogen-bond acceptors (Lipinski definition) is 4. The number of nitrogens with zero attached hydrogens (tertiary/aromatic N) is 2. The van der Waals surface area contributed by atoms with Crippen LogP contribution in [0.3, 0.4) is 0 Å². The summed E-state index contributed by atoms with van der Waals surface area (Å²) >= 11 is 5.30. The van der Waals surface area contributed by atoms with Crippen LogP contribution < -0.4 is 10.6 Å². The van der Waals surface area contributed by atoms with Crippen LogP contribution in [0.2, 0.25) is 0 Å². The molecule has 0 saturated carbocycles. The largest absolute Gasteiger partial charge is 0.326 e. The molecule has 3 rings (SSSR count). The number of carbonyl (C=O) groups is 2. The van der Waals surface area contributed by atoms with Crippen molar-refractivity contribution in [2.24, 2.45) is 5.92 Å². The second-order valence-electron chi connectivity index (χ2n) is 7.58. The minimum atomic E-state index is -0.224. The fourth-order valence-corrected chi connectivity index (χ4v) is 3.23. The molecule has 0 atom stereocenters. The van der Waals surface area contributed by atoms with Crippen molar-refractivity contribution < 1.29 is 9.59 Å². The highest BCUT2D eigenvalue weighted by Gasteiger charge is 2.13. The van der Waals surface area contributed by atoms with Crippen molar-refractivity contribution in [3.05, 3.63) is 58.9 Å². The molecule has 1 heterocycles. The summed E-state index contributed by atoms with van der Waals surface area (Å²) in [4.78, 5) is 24.4. The van der Waals surface area contributed by atoms with Crippen LogP contribution in [-0.2, 0) is 16.1 Å². The highest BCUT2D eigenvalue weighted by Crippen LogP contribution is 2.19. The Bertz CT molecular complexity index is 1100. The first-order valence-electron chi connectivity index (χ1n) is 9.74. The van der Waals surface area contributed by atoms with Gasteiger partial charge in [0.05, 0.1) is 0 Å². The van der Waals surface area contributed by atoms with E-state index in [-0.39, 0.29) is 18.4 Å². The lowest BCUT2D eigenvalue weighted by molar-refractivity contribution is -0.117. The minimum absolute atomic E-state index is 0.0280. The number of anilines is 2. The quantitative estimate of drug-likeness (QED) is 0.487. The van der Waals surface area contributed by atoms with Crippen LogP contribution in [0, 0.1) is 17.6 Å². The molecular formula is C22H25N5O2S. The Morgan fingerprint density at radius 2 is 1.70 bits per heavy atom. The van der Waals surface area contributed by atoms with Gasteiger partial charge in [-0.05, 0) is 55.4 Å². The summed E-state index contributed by atoms with van der Waals surface area (Å²) in [6.07, 6.45) is 0.465. The molecule has 2 aromatic carbocycles. The molecule has 156 valence electrons. The Morgan fingerprint density at radius 1 is 1.07 bits per heavy atom. The maximum Gasteiger partial charge on any atom is 0.244 e. The van der Waals surface area contributed by atoms with Gasteiger partial charge in [0, 0.05) is 23.4 Å². The molecule has 8 heteroatoms. The average Bonchev–Trinajstić information content (AvgIpc) is 3.03. The lowest BCUT2D eigenvalue weighted by Crippen LogP contribution is -2.19. The molecule has 1 aromatic heterocycles. The normalized spacial score (nSPS) is 10.8. The highest BCUT2D eigenvalue weighted by atomic mass is 32.1. The Hall–Kier alpha value is -3.26. The number of amides is 2. The molecule has 0 saturated heterocycles. The van der Waals surface area contributed by atoms with E-state index < -0.39 is 0 Å². The van der Waals surface area contributed by atoms with E-state index in [4.69, 9.17) is 12.2 Å². The van der Waals surface area contributed by atoms with Crippen molar-refractivity contribution in [3.8, 4) is 11.4 Å². The SMILES string of the molecule is Cc1cccc(-c2n[nH]c(=S)n2CC(=O)Nc2ccc(NC(=O)CC(C)C)cc2)c1. The Balaban J connectivity index is 1.66. The fourth-order valence-electron chi connectivity index (χ4n) is 3.03. The summed E-state index contributed by atoms with van der Waals surface area (Å²) in [6.45, 7) is 6.02. The summed E-state index contributed by atoms with van der Waals surface area (Å²) in [5.41, 5.74) is 3.31. The Kier molecular flexibility index (Phi) is 6.79. The highest BCUT2D eigenvalue weighted by molar-refractivity contribution is 7.71. The second kappa shape index (κ2) is 9.49. The molecule has 0 unspecified atom stereocenters. The van der Waals surface area contributed by atoms with E-state index in [0.717, 1.165) is 11.1 Å². The fraction of sp³-hybridized carbons (Fsp3) is 0.273. The van der Waals surface area contributed by atoms with Crippen molar-refractivity contribution in [2.75, 3.05) is 10.6 Å². The molecule has 0 aliphatic carbocycles. The van der Waals surface area contributed by atoms with E-state index in [9.17, 15) is 9.59 Å². The Labute approximate surface area is 180 Å². The van der Waals surface area contributed by atoms with E-state index >= 15 is 0 Å². The third-order valence-corrected chi connectivity index (χ3v) is 4.69. The van der Waals surface area contributed by atoms with Crippen LogP contribution in [0.25, 0.3) is 11.4 Å². The molecular weight excluding hydrogens is 398 g/mol. The zero-order chi connectivity index (χ0) is 21.7. The predicted molar refractivity (Wildman–Crippen MR) is 121 cm³/mol. The number of aromatic nitrogens is 3. The summed E-state index contributed by atoms with van der Waals surface area (Å²) in [7, 11) is 0. The third-order valence-electron chi connectivity index (χ3n) is 4.38. The van der Waals surface area contributed by atoms with Gasteiger partial charge < -0.3 is 10.6 Å². The summed E-state index contributed by atoms with van der Waals surface area (Å²) in [6, 6.07) is 14.9. The molecule has 3 aromatic rings. The zero-order valence-corrected chi connectivity index (χ0v) is 18.0. The number of nitrogens with one attached hydrogen (secondary N) is 3. The maximum absolute atomic E-state index is 12.6. The maximum atomic E-state index is 12.6. The summed E-state index contributed by atoms with van der Waals surface area (Å²) in [5, 5.41) is 12.7. The summed E-state index contributed by atoms with van der Waals surface area (Å²) in [5.74, 6) is 0.655. The number of carbonyl (C=O) groups excluding carboxylic acids is 2. The molecule has 0 bridgehead atoms. The first-order valence-corrected chi connectivity index (χ1v) is 10.1. The van der Waals surface area contributed by atoms with Crippen LogP contribution in [0.5, 0.6) is 0 Å². The number of rotatable bonds is 7. The predicted octanol–water partition coefficient (Wildman–Crippen LogP) is 4.54. The molecule has 7 nitrogen and oxygen atoms in total. The second-order valence-corrected chi connectivity index (χ2v) is 7.97. The first kappa shape index (κ1) is 21.4. The number of aromatic amines is 1. The van der Waals surface area contributed by atoms with Gasteiger partial charge in [0.15, 0.2) is 10.6 Å². The molecule has 0 aliphatic heterocycles. The lowest BCUT2D eigenvalue weighted by atomic mass is 10.1. The van der Waals surface area contributed by atoms with Crippen molar-refractivity contribution in [1.82, 2.24) is 14.8 Å². The van der Waals surface area contributed by atoms with Gasteiger partial charge in [-0.2, -0.15) is 5.10 Å². The van der Waals surface area contributed by atoms with Gasteiger partial charge in [-0.1, -0.05) is 37.6 Å². The van der Waals surface area contributed by atoms with E-state index in [1.807, 2.05) is 45.0 Å². The van der Waals surface area contributed by atoms with Gasteiger partial charge in [0.2, 0.25) is 11.8 Å². The Morgan fingerprint density at radius 3 is 2.30 bits per heavy atom. The molecule has 0 spiro atoms. The van der Waals surface area contributed by atoms with Crippen LogP contribution in [0.4, 0.5) is 11.4 Å². The third kappa shape index (κ3) is 5.64. The van der Waals surface area contributed by atoms with Crippen LogP contribution >= 0.6 is 12.2 Å². The molecule has 3 N–H and O–H groups in total. The lowest BCUT2D eigenvalue weighted by Gasteiger charge is -2.10. The van der Waals surface area contributed by atoms with Crippen molar-refractivity contribution in [1.29, 1.82) is 0 Å². The number of benzene rings is 2. The smallest absolute Gasteiger partial charge is 0.244 e. The van der Waals surface area contributed by atoms with Gasteiger partial charge in [-0.25, -0.2) is 0 Å². The number of H-pyrrole nitrogens is 1. The van der Waals surface area contributed by atoms with Crippen molar-refractivity contribution >= 4 is 35.4 Å². The van der Waals surface area contributed by atoms with Gasteiger partial charge >= 0.3 is 0 Å². The van der Waals surface area contributed by atoms with E-state index in [1.165, 1.54) is 0 Å². The van der Waals surface area contributed by atoms with Crippen molar-refractivity contribution in [3.63, 3.8) is 0 Å². The van der Waals surface area contributed by atoms with E-state index in [2.05, 4.69) is 20.8 Å².